The third-order valence-corrected chi connectivity index (χ3v) is 5.21. The van der Waals surface area contributed by atoms with Gasteiger partial charge >= 0.3 is 0 Å². The molecule has 0 spiro atoms. The van der Waals surface area contributed by atoms with Crippen LogP contribution in [0, 0.1) is 0 Å². The first kappa shape index (κ1) is 21.6. The number of aliphatic hydroxyl groups excluding tert-OH is 1. The molecule has 3 nitrogen and oxygen atoms in total. The van der Waals surface area contributed by atoms with Gasteiger partial charge in [0, 0.05) is 12.1 Å². The fourth-order valence-electron chi connectivity index (χ4n) is 3.52. The molecule has 2 rings (SSSR count). The van der Waals surface area contributed by atoms with Gasteiger partial charge in [-0.3, -0.25) is 0 Å². The second kappa shape index (κ2) is 11.9. The summed E-state index contributed by atoms with van der Waals surface area (Å²) in [5.41, 5.74) is 9.33. The van der Waals surface area contributed by atoms with Crippen LogP contribution in [-0.2, 0) is 12.8 Å². The van der Waals surface area contributed by atoms with E-state index in [1.165, 1.54) is 17.5 Å². The van der Waals surface area contributed by atoms with E-state index in [0.717, 1.165) is 44.2 Å². The molecule has 3 heteroatoms. The Morgan fingerprint density at radius 2 is 1.44 bits per heavy atom. The van der Waals surface area contributed by atoms with Crippen molar-refractivity contribution in [3.8, 4) is 0 Å². The number of hydrogen-bond donors (Lipinski definition) is 3. The quantitative estimate of drug-likeness (QED) is 0.487. The van der Waals surface area contributed by atoms with E-state index >= 15 is 0 Å². The molecule has 4 N–H and O–H groups in total. The Bertz CT molecular complexity index is 627. The van der Waals surface area contributed by atoms with Crippen molar-refractivity contribution in [1.82, 2.24) is 5.32 Å². The monoisotopic (exact) mass is 368 g/mol. The first-order chi connectivity index (χ1) is 13.1. The molecule has 0 radical (unpaired) electrons. The van der Waals surface area contributed by atoms with E-state index < -0.39 is 6.10 Å². The van der Waals surface area contributed by atoms with E-state index in [-0.39, 0.29) is 6.04 Å². The standard InChI is InChI=1S/C24H36N2O/c1-19(26-20(2)24(27)23-12-4-3-5-13-23)9-8-11-22-16-14-21(15-17-22)10-6-7-18-25/h3-5,12-17,19-20,24,26-27H,6-11,18,25H2,1-2H3/t19-,20+,24+/m1/s1. The van der Waals surface area contributed by atoms with Crippen LogP contribution < -0.4 is 11.1 Å². The van der Waals surface area contributed by atoms with Crippen molar-refractivity contribution >= 4 is 0 Å². The fourth-order valence-corrected chi connectivity index (χ4v) is 3.52. The molecule has 148 valence electrons. The summed E-state index contributed by atoms with van der Waals surface area (Å²) in [7, 11) is 0. The van der Waals surface area contributed by atoms with Gasteiger partial charge in [0.1, 0.15) is 0 Å². The van der Waals surface area contributed by atoms with Gasteiger partial charge in [0.15, 0.2) is 0 Å². The minimum absolute atomic E-state index is 0.0372. The number of nitrogens with two attached hydrogens (primary N) is 1. The Labute approximate surface area is 165 Å². The van der Waals surface area contributed by atoms with E-state index in [4.69, 9.17) is 5.73 Å². The summed E-state index contributed by atoms with van der Waals surface area (Å²) in [5, 5.41) is 14.0. The molecule has 27 heavy (non-hydrogen) atoms. The molecule has 0 aliphatic heterocycles. The predicted octanol–water partition coefficient (Wildman–Crippen LogP) is 4.39. The van der Waals surface area contributed by atoms with Gasteiger partial charge in [0.05, 0.1) is 6.10 Å². The summed E-state index contributed by atoms with van der Waals surface area (Å²) in [6.07, 6.45) is 6.28. The SMILES string of the molecule is C[C@H](CCCc1ccc(CCCCN)cc1)N[C@@H](C)[C@H](O)c1ccccc1. The van der Waals surface area contributed by atoms with Crippen LogP contribution in [0.5, 0.6) is 0 Å². The maximum absolute atomic E-state index is 10.5. The van der Waals surface area contributed by atoms with Gasteiger partial charge in [-0.05, 0) is 75.6 Å². The van der Waals surface area contributed by atoms with E-state index in [0.29, 0.717) is 6.04 Å². The second-order valence-corrected chi connectivity index (χ2v) is 7.67. The molecular formula is C24H36N2O. The van der Waals surface area contributed by atoms with Crippen molar-refractivity contribution in [2.24, 2.45) is 5.73 Å². The van der Waals surface area contributed by atoms with Crippen molar-refractivity contribution in [2.75, 3.05) is 6.54 Å². The summed E-state index contributed by atoms with van der Waals surface area (Å²) in [5.74, 6) is 0. The Morgan fingerprint density at radius 1 is 0.852 bits per heavy atom. The number of aliphatic hydroxyl groups is 1. The van der Waals surface area contributed by atoms with Crippen molar-refractivity contribution in [1.29, 1.82) is 0 Å². The minimum Gasteiger partial charge on any atom is -0.387 e. The number of aryl methyl sites for hydroxylation is 2. The van der Waals surface area contributed by atoms with Gasteiger partial charge in [-0.25, -0.2) is 0 Å². The highest BCUT2D eigenvalue weighted by atomic mass is 16.3. The minimum atomic E-state index is -0.472. The smallest absolute Gasteiger partial charge is 0.0940 e. The van der Waals surface area contributed by atoms with Crippen LogP contribution >= 0.6 is 0 Å². The third-order valence-electron chi connectivity index (χ3n) is 5.21. The molecule has 0 saturated carbocycles. The van der Waals surface area contributed by atoms with Crippen LogP contribution in [0.4, 0.5) is 0 Å². The lowest BCUT2D eigenvalue weighted by Crippen LogP contribution is -2.38. The molecule has 0 aliphatic carbocycles. The van der Waals surface area contributed by atoms with Crippen LogP contribution in [0.3, 0.4) is 0 Å². The fraction of sp³-hybridized carbons (Fsp3) is 0.500. The summed E-state index contributed by atoms with van der Waals surface area (Å²) >= 11 is 0. The zero-order valence-corrected chi connectivity index (χ0v) is 16.9. The van der Waals surface area contributed by atoms with Crippen LogP contribution in [0.25, 0.3) is 0 Å². The summed E-state index contributed by atoms with van der Waals surface area (Å²) in [4.78, 5) is 0. The van der Waals surface area contributed by atoms with Gasteiger partial charge in [-0.2, -0.15) is 0 Å². The Hall–Kier alpha value is -1.68. The van der Waals surface area contributed by atoms with Crippen LogP contribution in [0.1, 0.15) is 62.3 Å². The molecule has 0 unspecified atom stereocenters. The predicted molar refractivity (Wildman–Crippen MR) is 115 cm³/mol. The second-order valence-electron chi connectivity index (χ2n) is 7.67. The van der Waals surface area contributed by atoms with Crippen LogP contribution in [0.2, 0.25) is 0 Å². The molecule has 0 heterocycles. The maximum atomic E-state index is 10.5. The van der Waals surface area contributed by atoms with Gasteiger partial charge in [-0.15, -0.1) is 0 Å². The molecule has 0 aromatic heterocycles. The summed E-state index contributed by atoms with van der Waals surface area (Å²) in [6.45, 7) is 5.04. The molecular weight excluding hydrogens is 332 g/mol. The number of unbranched alkanes of at least 4 members (excludes halogenated alkanes) is 1. The average molecular weight is 369 g/mol. The number of benzene rings is 2. The lowest BCUT2D eigenvalue weighted by molar-refractivity contribution is 0.129. The maximum Gasteiger partial charge on any atom is 0.0940 e. The third kappa shape index (κ3) is 7.84. The first-order valence-electron chi connectivity index (χ1n) is 10.4. The topological polar surface area (TPSA) is 58.3 Å². The largest absolute Gasteiger partial charge is 0.387 e. The zero-order chi connectivity index (χ0) is 19.5. The van der Waals surface area contributed by atoms with Crippen molar-refractivity contribution in [3.05, 3.63) is 71.3 Å². The lowest BCUT2D eigenvalue weighted by Gasteiger charge is -2.24. The van der Waals surface area contributed by atoms with Crippen LogP contribution in [-0.4, -0.2) is 23.7 Å². The number of hydrogen-bond acceptors (Lipinski definition) is 3. The van der Waals surface area contributed by atoms with Gasteiger partial charge in [0.25, 0.3) is 0 Å². The molecule has 2 aromatic rings. The molecule has 0 aliphatic rings. The summed E-state index contributed by atoms with van der Waals surface area (Å²) < 4.78 is 0. The first-order valence-corrected chi connectivity index (χ1v) is 10.4. The van der Waals surface area contributed by atoms with Crippen LogP contribution in [0.15, 0.2) is 54.6 Å². The molecule has 0 amide bonds. The molecule has 0 fully saturated rings. The average Bonchev–Trinajstić information content (AvgIpc) is 2.69. The molecule has 3 atom stereocenters. The number of rotatable bonds is 12. The van der Waals surface area contributed by atoms with E-state index in [9.17, 15) is 5.11 Å². The Balaban J connectivity index is 1.68. The lowest BCUT2D eigenvalue weighted by atomic mass is 10.0. The highest BCUT2D eigenvalue weighted by Crippen LogP contribution is 2.17. The highest BCUT2D eigenvalue weighted by molar-refractivity contribution is 5.23. The van der Waals surface area contributed by atoms with E-state index in [1.807, 2.05) is 30.3 Å². The van der Waals surface area contributed by atoms with E-state index in [2.05, 4.69) is 43.4 Å². The highest BCUT2D eigenvalue weighted by Gasteiger charge is 2.17. The molecule has 2 aromatic carbocycles. The summed E-state index contributed by atoms with van der Waals surface area (Å²) in [6, 6.07) is 19.3. The van der Waals surface area contributed by atoms with Crippen molar-refractivity contribution in [2.45, 2.75) is 70.6 Å². The van der Waals surface area contributed by atoms with Gasteiger partial charge < -0.3 is 16.2 Å². The van der Waals surface area contributed by atoms with E-state index in [1.54, 1.807) is 0 Å². The number of nitrogens with one attached hydrogen (secondary N) is 1. The molecule has 0 bridgehead atoms. The van der Waals surface area contributed by atoms with Crippen molar-refractivity contribution < 1.29 is 5.11 Å². The molecule has 0 saturated heterocycles. The Kier molecular flexibility index (Phi) is 9.54. The normalized spacial score (nSPS) is 14.7. The Morgan fingerprint density at radius 3 is 2.04 bits per heavy atom. The van der Waals surface area contributed by atoms with Gasteiger partial charge in [0.2, 0.25) is 0 Å². The zero-order valence-electron chi connectivity index (χ0n) is 16.9. The van der Waals surface area contributed by atoms with Crippen molar-refractivity contribution in [3.63, 3.8) is 0 Å². The van der Waals surface area contributed by atoms with Gasteiger partial charge in [-0.1, -0.05) is 54.6 Å².